The number of rotatable bonds is 8. The van der Waals surface area contributed by atoms with E-state index in [0.717, 1.165) is 28.8 Å². The van der Waals surface area contributed by atoms with Crippen molar-refractivity contribution < 1.29 is 9.90 Å². The van der Waals surface area contributed by atoms with E-state index in [0.29, 0.717) is 6.54 Å². The number of benzene rings is 2. The van der Waals surface area contributed by atoms with Crippen molar-refractivity contribution in [3.63, 3.8) is 0 Å². The molecule has 0 unspecified atom stereocenters. The number of carboxylic acids is 1. The lowest BCUT2D eigenvalue weighted by Crippen LogP contribution is -2.28. The molecule has 0 saturated carbocycles. The zero-order chi connectivity index (χ0) is 20.9. The number of nitrogens with zero attached hydrogens (tertiary/aromatic N) is 3. The molecule has 0 spiro atoms. The molecule has 0 aliphatic heterocycles. The van der Waals surface area contributed by atoms with Gasteiger partial charge in [-0.1, -0.05) is 67.2 Å². The van der Waals surface area contributed by atoms with Gasteiger partial charge in [-0.05, 0) is 36.6 Å². The van der Waals surface area contributed by atoms with Gasteiger partial charge in [0.25, 0.3) is 0 Å². The number of nitrogens with one attached hydrogen (secondary N) is 1. The average Bonchev–Trinajstić information content (AvgIpc) is 2.75. The number of hydrogen-bond donors (Lipinski definition) is 2. The minimum absolute atomic E-state index is 0.103. The van der Waals surface area contributed by atoms with Gasteiger partial charge in [0.05, 0.1) is 6.54 Å². The number of carboxylic acid groups (broad SMARTS) is 1. The summed E-state index contributed by atoms with van der Waals surface area (Å²) < 4.78 is 0. The van der Waals surface area contributed by atoms with Gasteiger partial charge in [-0.25, -0.2) is 9.97 Å². The Labute approximate surface area is 176 Å². The number of aliphatic carboxylic acids is 1. The normalized spacial score (nSPS) is 10.2. The summed E-state index contributed by atoms with van der Waals surface area (Å²) in [7, 11) is 0. The van der Waals surface area contributed by atoms with Crippen molar-refractivity contribution >= 4 is 29.2 Å². The molecule has 2 N–H and O–H groups in total. The molecule has 0 fully saturated rings. The van der Waals surface area contributed by atoms with Crippen molar-refractivity contribution in [1.29, 1.82) is 0 Å². The fraction of sp³-hybridized carbons (Fsp3) is 0.227. The van der Waals surface area contributed by atoms with Gasteiger partial charge in [-0.3, -0.25) is 9.69 Å². The quantitative estimate of drug-likeness (QED) is 0.417. The van der Waals surface area contributed by atoms with Gasteiger partial charge in [0, 0.05) is 18.4 Å². The first kappa shape index (κ1) is 22.4. The molecule has 7 heteroatoms. The minimum atomic E-state index is -0.775. The summed E-state index contributed by atoms with van der Waals surface area (Å²) >= 11 is 1.53. The molecule has 0 aliphatic carbocycles. The first-order valence-electron chi connectivity index (χ1n) is 9.28. The molecular formula is C22H26N4O2S. The van der Waals surface area contributed by atoms with Gasteiger partial charge in [0.2, 0.25) is 0 Å². The van der Waals surface area contributed by atoms with E-state index < -0.39 is 5.97 Å². The maximum atomic E-state index is 10.5. The van der Waals surface area contributed by atoms with Crippen LogP contribution in [0.1, 0.15) is 12.5 Å². The standard InChI is InChI=1S/C11H11N3S.C11H15NO2/c1-15-11-12-8-7-10(14-11)13-9-5-3-2-4-6-9;1-2-12(9-11(13)14)8-10-6-4-3-5-7-10/h2-8H,1H3,(H,12,13,14);3-7H,2,8-9H2,1H3,(H,13,14). The Morgan fingerprint density at radius 1 is 1.07 bits per heavy atom. The fourth-order valence-electron chi connectivity index (χ4n) is 2.49. The van der Waals surface area contributed by atoms with E-state index in [1.165, 1.54) is 11.8 Å². The minimum Gasteiger partial charge on any atom is -0.480 e. The monoisotopic (exact) mass is 410 g/mol. The smallest absolute Gasteiger partial charge is 0.317 e. The summed E-state index contributed by atoms with van der Waals surface area (Å²) in [6.07, 6.45) is 3.71. The number of hydrogen-bond acceptors (Lipinski definition) is 6. The molecule has 1 aromatic heterocycles. The molecule has 0 amide bonds. The molecule has 0 atom stereocenters. The predicted octanol–water partition coefficient (Wildman–Crippen LogP) is 4.54. The third kappa shape index (κ3) is 8.76. The van der Waals surface area contributed by atoms with Crippen molar-refractivity contribution in [1.82, 2.24) is 14.9 Å². The maximum absolute atomic E-state index is 10.5. The van der Waals surface area contributed by atoms with Crippen LogP contribution in [0, 0.1) is 0 Å². The Morgan fingerprint density at radius 3 is 2.31 bits per heavy atom. The zero-order valence-electron chi connectivity index (χ0n) is 16.7. The SMILES string of the molecule is CCN(CC(=O)O)Cc1ccccc1.CSc1nccc(Nc2ccccc2)n1. The second-order valence-corrected chi connectivity index (χ2v) is 6.88. The van der Waals surface area contributed by atoms with Crippen molar-refractivity contribution in [2.75, 3.05) is 24.7 Å². The highest BCUT2D eigenvalue weighted by Gasteiger charge is 2.07. The van der Waals surface area contributed by atoms with Crippen LogP contribution < -0.4 is 5.32 Å². The molecule has 1 heterocycles. The first-order valence-corrected chi connectivity index (χ1v) is 10.5. The van der Waals surface area contributed by atoms with Crippen LogP contribution >= 0.6 is 11.8 Å². The van der Waals surface area contributed by atoms with E-state index in [1.807, 2.05) is 84.8 Å². The molecule has 3 rings (SSSR count). The largest absolute Gasteiger partial charge is 0.480 e. The summed E-state index contributed by atoms with van der Waals surface area (Å²) in [6.45, 7) is 3.52. The van der Waals surface area contributed by atoms with Gasteiger partial charge in [0.15, 0.2) is 5.16 Å². The van der Waals surface area contributed by atoms with E-state index in [1.54, 1.807) is 6.20 Å². The number of thioether (sulfide) groups is 1. The van der Waals surface area contributed by atoms with E-state index in [-0.39, 0.29) is 6.54 Å². The lowest BCUT2D eigenvalue weighted by molar-refractivity contribution is -0.138. The van der Waals surface area contributed by atoms with Crippen LogP contribution in [0.2, 0.25) is 0 Å². The van der Waals surface area contributed by atoms with Crippen molar-refractivity contribution in [2.24, 2.45) is 0 Å². The number of aromatic nitrogens is 2. The molecule has 0 bridgehead atoms. The van der Waals surface area contributed by atoms with Crippen LogP contribution in [0.15, 0.2) is 78.1 Å². The van der Waals surface area contributed by atoms with E-state index >= 15 is 0 Å². The van der Waals surface area contributed by atoms with Crippen LogP contribution in [0.5, 0.6) is 0 Å². The molecule has 0 radical (unpaired) electrons. The summed E-state index contributed by atoms with van der Waals surface area (Å²) in [5.41, 5.74) is 2.18. The van der Waals surface area contributed by atoms with Crippen LogP contribution in [0.4, 0.5) is 11.5 Å². The number of para-hydroxylation sites is 1. The fourth-order valence-corrected chi connectivity index (χ4v) is 2.85. The Morgan fingerprint density at radius 2 is 1.72 bits per heavy atom. The topological polar surface area (TPSA) is 78.4 Å². The Balaban J connectivity index is 0.000000208. The highest BCUT2D eigenvalue weighted by atomic mass is 32.2. The molecule has 29 heavy (non-hydrogen) atoms. The molecule has 0 aliphatic rings. The zero-order valence-corrected chi connectivity index (χ0v) is 17.5. The molecule has 0 saturated heterocycles. The molecule has 152 valence electrons. The lowest BCUT2D eigenvalue weighted by atomic mass is 10.2. The summed E-state index contributed by atoms with van der Waals surface area (Å²) in [5.74, 6) is 0.0448. The van der Waals surface area contributed by atoms with Gasteiger partial charge >= 0.3 is 5.97 Å². The molecule has 6 nitrogen and oxygen atoms in total. The van der Waals surface area contributed by atoms with Gasteiger partial charge < -0.3 is 10.4 Å². The van der Waals surface area contributed by atoms with Crippen molar-refractivity contribution in [3.8, 4) is 0 Å². The molecular weight excluding hydrogens is 384 g/mol. The third-order valence-corrected chi connectivity index (χ3v) is 4.48. The summed E-state index contributed by atoms with van der Waals surface area (Å²) in [5, 5.41) is 12.6. The molecule has 2 aromatic carbocycles. The number of carbonyl (C=O) groups is 1. The summed E-state index contributed by atoms with van der Waals surface area (Å²) in [6, 6.07) is 21.7. The van der Waals surface area contributed by atoms with Gasteiger partial charge in [0.1, 0.15) is 5.82 Å². The Hall–Kier alpha value is -2.90. The van der Waals surface area contributed by atoms with Crippen LogP contribution in [0.25, 0.3) is 0 Å². The number of likely N-dealkylation sites (N-methyl/N-ethyl adjacent to an activating group) is 1. The molecule has 3 aromatic rings. The van der Waals surface area contributed by atoms with Crippen molar-refractivity contribution in [2.45, 2.75) is 18.6 Å². The van der Waals surface area contributed by atoms with E-state index in [2.05, 4.69) is 15.3 Å². The van der Waals surface area contributed by atoms with Crippen LogP contribution in [0.3, 0.4) is 0 Å². The Bertz CT molecular complexity index is 863. The highest BCUT2D eigenvalue weighted by molar-refractivity contribution is 7.98. The Kier molecular flexibility index (Phi) is 9.68. The van der Waals surface area contributed by atoms with Crippen LogP contribution in [-0.4, -0.2) is 45.3 Å². The predicted molar refractivity (Wildman–Crippen MR) is 119 cm³/mol. The average molecular weight is 411 g/mol. The number of anilines is 2. The lowest BCUT2D eigenvalue weighted by Gasteiger charge is -2.17. The second-order valence-electron chi connectivity index (χ2n) is 6.10. The van der Waals surface area contributed by atoms with E-state index in [9.17, 15) is 4.79 Å². The first-order chi connectivity index (χ1) is 14.1. The third-order valence-electron chi connectivity index (χ3n) is 3.92. The second kappa shape index (κ2) is 12.5. The van der Waals surface area contributed by atoms with E-state index in [4.69, 9.17) is 5.11 Å². The highest BCUT2D eigenvalue weighted by Crippen LogP contribution is 2.15. The summed E-state index contributed by atoms with van der Waals surface area (Å²) in [4.78, 5) is 20.8. The van der Waals surface area contributed by atoms with Crippen LogP contribution in [-0.2, 0) is 11.3 Å². The van der Waals surface area contributed by atoms with Gasteiger partial charge in [-0.15, -0.1) is 0 Å². The van der Waals surface area contributed by atoms with Crippen molar-refractivity contribution in [3.05, 3.63) is 78.5 Å². The maximum Gasteiger partial charge on any atom is 0.317 e. The van der Waals surface area contributed by atoms with Gasteiger partial charge in [-0.2, -0.15) is 0 Å².